The highest BCUT2D eigenvalue weighted by molar-refractivity contribution is 14.0. The Kier molecular flexibility index (Phi) is 13.2. The van der Waals surface area contributed by atoms with Crippen molar-refractivity contribution in [3.05, 3.63) is 23.9 Å². The average molecular weight is 503 g/mol. The summed E-state index contributed by atoms with van der Waals surface area (Å²) in [4.78, 5) is 11.6. The molecule has 0 atom stereocenters. The first-order chi connectivity index (χ1) is 13.2. The Morgan fingerprint density at radius 2 is 2.00 bits per heavy atom. The SMILES string of the molecule is CCNC(=NCc1ccnc(N2CCCCC2)c1)NCCOCCC(C)C.I. The number of nitrogens with zero attached hydrogens (tertiary/aromatic N) is 3. The van der Waals surface area contributed by atoms with Crippen molar-refractivity contribution in [1.82, 2.24) is 15.6 Å². The Morgan fingerprint density at radius 1 is 1.21 bits per heavy atom. The van der Waals surface area contributed by atoms with E-state index >= 15 is 0 Å². The van der Waals surface area contributed by atoms with Crippen molar-refractivity contribution >= 4 is 35.8 Å². The summed E-state index contributed by atoms with van der Waals surface area (Å²) in [7, 11) is 0. The Balaban J connectivity index is 0.00000392. The van der Waals surface area contributed by atoms with Gasteiger partial charge in [-0.3, -0.25) is 0 Å². The Hall–Kier alpha value is -1.09. The molecule has 0 bridgehead atoms. The van der Waals surface area contributed by atoms with Crippen LogP contribution >= 0.6 is 24.0 Å². The summed E-state index contributed by atoms with van der Waals surface area (Å²) < 4.78 is 5.66. The molecule has 28 heavy (non-hydrogen) atoms. The first kappa shape index (κ1) is 24.9. The molecule has 2 heterocycles. The van der Waals surface area contributed by atoms with E-state index in [1.807, 2.05) is 6.20 Å². The zero-order chi connectivity index (χ0) is 19.3. The molecule has 0 radical (unpaired) electrons. The Morgan fingerprint density at radius 3 is 2.71 bits per heavy atom. The smallest absolute Gasteiger partial charge is 0.191 e. The van der Waals surface area contributed by atoms with Gasteiger partial charge in [-0.15, -0.1) is 24.0 Å². The third kappa shape index (κ3) is 9.91. The van der Waals surface area contributed by atoms with Crippen molar-refractivity contribution in [2.24, 2.45) is 10.9 Å². The van der Waals surface area contributed by atoms with Crippen LogP contribution in [0.1, 0.15) is 52.0 Å². The zero-order valence-corrected chi connectivity index (χ0v) is 20.1. The fourth-order valence-corrected chi connectivity index (χ4v) is 3.03. The number of aliphatic imine (C=N–C) groups is 1. The molecule has 0 aromatic carbocycles. The number of piperidine rings is 1. The number of ether oxygens (including phenoxy) is 1. The lowest BCUT2D eigenvalue weighted by Crippen LogP contribution is -2.39. The molecule has 1 saturated heterocycles. The van der Waals surface area contributed by atoms with Crippen LogP contribution in [0.5, 0.6) is 0 Å². The van der Waals surface area contributed by atoms with Crippen LogP contribution in [0.4, 0.5) is 5.82 Å². The van der Waals surface area contributed by atoms with Gasteiger partial charge in [-0.05, 0) is 56.2 Å². The lowest BCUT2D eigenvalue weighted by Gasteiger charge is -2.27. The van der Waals surface area contributed by atoms with E-state index in [2.05, 4.69) is 53.4 Å². The van der Waals surface area contributed by atoms with E-state index in [1.165, 1.54) is 24.8 Å². The maximum atomic E-state index is 5.66. The monoisotopic (exact) mass is 503 g/mol. The van der Waals surface area contributed by atoms with Gasteiger partial charge in [0.15, 0.2) is 5.96 Å². The Bertz CT molecular complexity index is 561. The molecular formula is C21H38IN5O. The van der Waals surface area contributed by atoms with Crippen molar-refractivity contribution in [1.29, 1.82) is 0 Å². The molecule has 1 aromatic rings. The molecule has 6 nitrogen and oxygen atoms in total. The van der Waals surface area contributed by atoms with Gasteiger partial charge in [0.05, 0.1) is 13.2 Å². The highest BCUT2D eigenvalue weighted by atomic mass is 127. The van der Waals surface area contributed by atoms with Gasteiger partial charge < -0.3 is 20.3 Å². The summed E-state index contributed by atoms with van der Waals surface area (Å²) in [6.45, 7) is 12.5. The van der Waals surface area contributed by atoms with E-state index in [0.29, 0.717) is 19.1 Å². The molecule has 1 aliphatic heterocycles. The van der Waals surface area contributed by atoms with E-state index in [0.717, 1.165) is 51.0 Å². The topological polar surface area (TPSA) is 61.8 Å². The van der Waals surface area contributed by atoms with E-state index < -0.39 is 0 Å². The molecular weight excluding hydrogens is 465 g/mol. The molecule has 2 rings (SSSR count). The third-order valence-corrected chi connectivity index (χ3v) is 4.63. The highest BCUT2D eigenvalue weighted by Gasteiger charge is 2.12. The highest BCUT2D eigenvalue weighted by Crippen LogP contribution is 2.18. The van der Waals surface area contributed by atoms with Crippen molar-refractivity contribution < 1.29 is 4.74 Å². The lowest BCUT2D eigenvalue weighted by molar-refractivity contribution is 0.128. The quantitative estimate of drug-likeness (QED) is 0.220. The van der Waals surface area contributed by atoms with Crippen molar-refractivity contribution in [2.45, 2.75) is 53.0 Å². The fourth-order valence-electron chi connectivity index (χ4n) is 3.03. The molecule has 1 aromatic heterocycles. The van der Waals surface area contributed by atoms with Gasteiger partial charge in [0.25, 0.3) is 0 Å². The normalized spacial score (nSPS) is 14.7. The van der Waals surface area contributed by atoms with Crippen molar-refractivity contribution in [2.75, 3.05) is 44.3 Å². The maximum absolute atomic E-state index is 5.66. The van der Waals surface area contributed by atoms with Crippen LogP contribution < -0.4 is 15.5 Å². The number of anilines is 1. The first-order valence-electron chi connectivity index (χ1n) is 10.5. The number of guanidine groups is 1. The van der Waals surface area contributed by atoms with Crippen LogP contribution in [0, 0.1) is 5.92 Å². The number of aromatic nitrogens is 1. The van der Waals surface area contributed by atoms with Crippen LogP contribution in [-0.2, 0) is 11.3 Å². The molecule has 2 N–H and O–H groups in total. The van der Waals surface area contributed by atoms with E-state index in [1.54, 1.807) is 0 Å². The van der Waals surface area contributed by atoms with Gasteiger partial charge in [-0.25, -0.2) is 9.98 Å². The zero-order valence-electron chi connectivity index (χ0n) is 17.7. The standard InChI is InChI=1S/C21H37N5O.HI/c1-4-22-21(24-11-15-27-14-9-18(2)3)25-17-19-8-10-23-20(16-19)26-12-6-5-7-13-26;/h8,10,16,18H,4-7,9,11-15,17H2,1-3H3,(H2,22,24,25);1H. The van der Waals surface area contributed by atoms with Gasteiger partial charge in [-0.2, -0.15) is 0 Å². The summed E-state index contributed by atoms with van der Waals surface area (Å²) in [5, 5.41) is 6.64. The Labute approximate surface area is 187 Å². The predicted octanol–water partition coefficient (Wildman–Crippen LogP) is 3.81. The largest absolute Gasteiger partial charge is 0.380 e. The van der Waals surface area contributed by atoms with Crippen LogP contribution in [0.2, 0.25) is 0 Å². The molecule has 7 heteroatoms. The second kappa shape index (κ2) is 14.8. The van der Waals surface area contributed by atoms with Crippen molar-refractivity contribution in [3.63, 3.8) is 0 Å². The molecule has 0 aliphatic carbocycles. The van der Waals surface area contributed by atoms with Gasteiger partial charge in [-0.1, -0.05) is 13.8 Å². The third-order valence-electron chi connectivity index (χ3n) is 4.63. The van der Waals surface area contributed by atoms with Gasteiger partial charge in [0.1, 0.15) is 5.82 Å². The van der Waals surface area contributed by atoms with E-state index in [-0.39, 0.29) is 24.0 Å². The second-order valence-electron chi connectivity index (χ2n) is 7.49. The van der Waals surface area contributed by atoms with Crippen LogP contribution in [0.15, 0.2) is 23.3 Å². The molecule has 0 saturated carbocycles. The minimum atomic E-state index is 0. The number of halogens is 1. The number of pyridine rings is 1. The molecule has 160 valence electrons. The second-order valence-corrected chi connectivity index (χ2v) is 7.49. The number of hydrogen-bond donors (Lipinski definition) is 2. The molecule has 1 fully saturated rings. The number of rotatable bonds is 10. The van der Waals surface area contributed by atoms with Gasteiger partial charge in [0.2, 0.25) is 0 Å². The summed E-state index contributed by atoms with van der Waals surface area (Å²) in [5.74, 6) is 2.60. The molecule has 1 aliphatic rings. The number of hydrogen-bond acceptors (Lipinski definition) is 4. The minimum Gasteiger partial charge on any atom is -0.380 e. The first-order valence-corrected chi connectivity index (χ1v) is 10.5. The van der Waals surface area contributed by atoms with E-state index in [4.69, 9.17) is 9.73 Å². The summed E-state index contributed by atoms with van der Waals surface area (Å²) >= 11 is 0. The molecule has 0 spiro atoms. The summed E-state index contributed by atoms with van der Waals surface area (Å²) in [5.41, 5.74) is 1.19. The maximum Gasteiger partial charge on any atom is 0.191 e. The minimum absolute atomic E-state index is 0. The fraction of sp³-hybridized carbons (Fsp3) is 0.714. The van der Waals surface area contributed by atoms with E-state index in [9.17, 15) is 0 Å². The summed E-state index contributed by atoms with van der Waals surface area (Å²) in [6.07, 6.45) is 6.86. The number of nitrogens with one attached hydrogen (secondary N) is 2. The average Bonchev–Trinajstić information content (AvgIpc) is 2.69. The van der Waals surface area contributed by atoms with Crippen LogP contribution in [0.25, 0.3) is 0 Å². The van der Waals surface area contributed by atoms with Gasteiger partial charge >= 0.3 is 0 Å². The molecule has 0 unspecified atom stereocenters. The lowest BCUT2D eigenvalue weighted by atomic mass is 10.1. The van der Waals surface area contributed by atoms with Crippen LogP contribution in [-0.4, -0.2) is 50.3 Å². The predicted molar refractivity (Wildman–Crippen MR) is 129 cm³/mol. The van der Waals surface area contributed by atoms with Crippen LogP contribution in [0.3, 0.4) is 0 Å². The van der Waals surface area contributed by atoms with Crippen molar-refractivity contribution in [3.8, 4) is 0 Å². The molecule has 0 amide bonds. The summed E-state index contributed by atoms with van der Waals surface area (Å²) in [6, 6.07) is 4.23. The van der Waals surface area contributed by atoms with Gasteiger partial charge in [0, 0.05) is 39.0 Å².